The molecule has 0 radical (unpaired) electrons. The monoisotopic (exact) mass is 249 g/mol. The van der Waals surface area contributed by atoms with Gasteiger partial charge in [0.15, 0.2) is 0 Å². The zero-order valence-electron chi connectivity index (χ0n) is 6.78. The minimum absolute atomic E-state index is 0. The lowest BCUT2D eigenvalue weighted by molar-refractivity contribution is 0.405. The summed E-state index contributed by atoms with van der Waals surface area (Å²) in [6.45, 7) is 5.18. The van der Waals surface area contributed by atoms with Gasteiger partial charge in [0.25, 0.3) is 0 Å². The third kappa shape index (κ3) is 60.6. The van der Waals surface area contributed by atoms with Gasteiger partial charge in [-0.25, -0.2) is 0 Å². The summed E-state index contributed by atoms with van der Waals surface area (Å²) in [7, 11) is -3.13. The summed E-state index contributed by atoms with van der Waals surface area (Å²) in [6, 6.07) is 0. The second-order valence-corrected chi connectivity index (χ2v) is 2.82. The highest BCUT2D eigenvalue weighted by molar-refractivity contribution is 8.93. The molecule has 4 N–H and O–H groups in total. The highest BCUT2D eigenvalue weighted by Crippen LogP contribution is 1.98. The molecule has 0 saturated heterocycles. The van der Waals surface area contributed by atoms with E-state index in [1.807, 2.05) is 0 Å². The molecule has 0 saturated carbocycles. The molecule has 0 aromatic carbocycles. The lowest BCUT2D eigenvalue weighted by Crippen LogP contribution is -2.01. The predicted octanol–water partition coefficient (Wildman–Crippen LogP) is 0.930. The molecule has 0 heterocycles. The third-order valence-electron chi connectivity index (χ3n) is 0.744. The molecular weight excluding hydrogens is 233 g/mol. The van der Waals surface area contributed by atoms with E-state index in [2.05, 4.69) is 13.8 Å². The van der Waals surface area contributed by atoms with Crippen LogP contribution in [0, 0.1) is 5.92 Å². The minimum atomic E-state index is -3.13. The molecule has 6 heteroatoms. The van der Waals surface area contributed by atoms with E-state index in [4.69, 9.17) is 20.1 Å². The summed E-state index contributed by atoms with van der Waals surface area (Å²) in [5.41, 5.74) is 5.23. The van der Waals surface area contributed by atoms with E-state index in [0.717, 1.165) is 18.9 Å². The average Bonchev–Trinajstić information content (AvgIpc) is 1.62. The van der Waals surface area contributed by atoms with Gasteiger partial charge in [0.2, 0.25) is 0 Å². The van der Waals surface area contributed by atoms with Crippen molar-refractivity contribution >= 4 is 25.2 Å². The predicted molar refractivity (Wildman–Crippen MR) is 52.3 cm³/mol. The molecule has 0 aromatic rings. The number of hydrogen-bond donors (Lipinski definition) is 3. The second-order valence-electron chi connectivity index (χ2n) is 2.25. The van der Waals surface area contributed by atoms with Crippen LogP contribution in [-0.4, -0.2) is 16.3 Å². The first-order valence-electron chi connectivity index (χ1n) is 3.12. The molecule has 0 aliphatic carbocycles. The Labute approximate surface area is 78.5 Å². The van der Waals surface area contributed by atoms with Gasteiger partial charge in [-0.05, 0) is 18.9 Å². The van der Waals surface area contributed by atoms with Crippen molar-refractivity contribution in [3.8, 4) is 0 Å². The minimum Gasteiger partial charge on any atom is -0.330 e. The molecule has 4 nitrogen and oxygen atoms in total. The molecule has 11 heavy (non-hydrogen) atoms. The standard InChI is InChI=1S/C5H13N.BrH.H3O3P/c1-5(2)3-4-6;;1-4(2)3/h5H,3-4,6H2,1-2H3;1H;4H,(H2,1,2,3). The van der Waals surface area contributed by atoms with Crippen molar-refractivity contribution in [1.29, 1.82) is 0 Å². The maximum absolute atomic E-state index is 8.74. The zero-order chi connectivity index (χ0) is 8.57. The smallest absolute Gasteiger partial charge is 0.314 e. The topological polar surface area (TPSA) is 83.6 Å². The van der Waals surface area contributed by atoms with Gasteiger partial charge in [-0.15, -0.1) is 17.0 Å². The number of rotatable bonds is 2. The van der Waals surface area contributed by atoms with E-state index < -0.39 is 8.25 Å². The maximum atomic E-state index is 8.74. The summed E-state index contributed by atoms with van der Waals surface area (Å²) in [5.74, 6) is 0.773. The molecule has 0 aromatic heterocycles. The van der Waals surface area contributed by atoms with E-state index in [9.17, 15) is 0 Å². The Balaban J connectivity index is -0.000000114. The Hall–Kier alpha value is 0.590. The van der Waals surface area contributed by atoms with Crippen molar-refractivity contribution in [2.24, 2.45) is 11.7 Å². The van der Waals surface area contributed by atoms with Crippen LogP contribution in [0.1, 0.15) is 20.3 Å². The van der Waals surface area contributed by atoms with Crippen LogP contribution in [-0.2, 0) is 4.57 Å². The molecule has 0 aliphatic rings. The normalized spacial score (nSPS) is 8.64. The van der Waals surface area contributed by atoms with E-state index in [0.29, 0.717) is 0 Å². The molecule has 0 unspecified atom stereocenters. The summed E-state index contributed by atoms with van der Waals surface area (Å²) in [4.78, 5) is 14.3. The van der Waals surface area contributed by atoms with Gasteiger partial charge in [-0.1, -0.05) is 13.8 Å². The van der Waals surface area contributed by atoms with Crippen molar-refractivity contribution in [1.82, 2.24) is 0 Å². The van der Waals surface area contributed by atoms with Gasteiger partial charge < -0.3 is 15.5 Å². The van der Waals surface area contributed by atoms with Crippen LogP contribution >= 0.6 is 25.2 Å². The van der Waals surface area contributed by atoms with Crippen LogP contribution in [0.2, 0.25) is 0 Å². The molecule has 0 aliphatic heterocycles. The fraction of sp³-hybridized carbons (Fsp3) is 1.00. The Morgan fingerprint density at radius 1 is 1.45 bits per heavy atom. The van der Waals surface area contributed by atoms with Crippen molar-refractivity contribution in [3.05, 3.63) is 0 Å². The van der Waals surface area contributed by atoms with Crippen molar-refractivity contribution in [2.75, 3.05) is 6.54 Å². The molecular formula is C5H17BrNO3P. The first-order valence-corrected chi connectivity index (χ1v) is 4.43. The van der Waals surface area contributed by atoms with Gasteiger partial charge in [0.05, 0.1) is 0 Å². The van der Waals surface area contributed by atoms with Crippen LogP contribution in [0.3, 0.4) is 0 Å². The van der Waals surface area contributed by atoms with Gasteiger partial charge in [0, 0.05) is 0 Å². The first-order chi connectivity index (χ1) is 4.50. The largest absolute Gasteiger partial charge is 0.330 e. The van der Waals surface area contributed by atoms with E-state index in [1.54, 1.807) is 0 Å². The highest BCUT2D eigenvalue weighted by Gasteiger charge is 1.85. The molecule has 0 bridgehead atoms. The van der Waals surface area contributed by atoms with E-state index in [-0.39, 0.29) is 17.0 Å². The molecule has 72 valence electrons. The highest BCUT2D eigenvalue weighted by atomic mass is 79.9. The Morgan fingerprint density at radius 3 is 1.73 bits per heavy atom. The van der Waals surface area contributed by atoms with E-state index >= 15 is 0 Å². The van der Waals surface area contributed by atoms with Crippen LogP contribution in [0.4, 0.5) is 0 Å². The molecule has 0 spiro atoms. The third-order valence-corrected chi connectivity index (χ3v) is 0.744. The molecule has 0 fully saturated rings. The molecule has 0 atom stereocenters. The van der Waals surface area contributed by atoms with Crippen LogP contribution in [0.5, 0.6) is 0 Å². The zero-order valence-corrected chi connectivity index (χ0v) is 9.49. The quantitative estimate of drug-likeness (QED) is 0.636. The SMILES string of the molecule is Br.CC(C)CCN.O=[PH](O)O. The van der Waals surface area contributed by atoms with E-state index in [1.165, 1.54) is 0 Å². The summed E-state index contributed by atoms with van der Waals surface area (Å²) < 4.78 is 8.74. The van der Waals surface area contributed by atoms with Crippen LogP contribution < -0.4 is 5.73 Å². The molecule has 0 rings (SSSR count). The molecule has 0 amide bonds. The number of halogens is 1. The lowest BCUT2D eigenvalue weighted by Gasteiger charge is -1.96. The number of hydrogen-bond acceptors (Lipinski definition) is 2. The van der Waals surface area contributed by atoms with Gasteiger partial charge >= 0.3 is 8.25 Å². The van der Waals surface area contributed by atoms with Gasteiger partial charge in [-0.3, -0.25) is 4.57 Å². The number of nitrogens with two attached hydrogens (primary N) is 1. The maximum Gasteiger partial charge on any atom is 0.314 e. The first kappa shape index (κ1) is 17.6. The summed E-state index contributed by atoms with van der Waals surface area (Å²) in [5, 5.41) is 0. The lowest BCUT2D eigenvalue weighted by atomic mass is 10.1. The van der Waals surface area contributed by atoms with Gasteiger partial charge in [0.1, 0.15) is 0 Å². The fourth-order valence-corrected chi connectivity index (χ4v) is 0.333. The van der Waals surface area contributed by atoms with Crippen LogP contribution in [0.25, 0.3) is 0 Å². The Morgan fingerprint density at radius 2 is 1.73 bits per heavy atom. The summed E-state index contributed by atoms with van der Waals surface area (Å²) >= 11 is 0. The van der Waals surface area contributed by atoms with Gasteiger partial charge in [-0.2, -0.15) is 0 Å². The van der Waals surface area contributed by atoms with Crippen molar-refractivity contribution < 1.29 is 14.4 Å². The Kier molecular flexibility index (Phi) is 21.1. The average molecular weight is 250 g/mol. The fourth-order valence-electron chi connectivity index (χ4n) is 0.333. The second kappa shape index (κ2) is 13.2. The van der Waals surface area contributed by atoms with Crippen LogP contribution in [0.15, 0.2) is 0 Å². The Bertz CT molecular complexity index is 87.8. The van der Waals surface area contributed by atoms with Crippen molar-refractivity contribution in [2.45, 2.75) is 20.3 Å². The van der Waals surface area contributed by atoms with Crippen molar-refractivity contribution in [3.63, 3.8) is 0 Å². The summed E-state index contributed by atoms with van der Waals surface area (Å²) in [6.07, 6.45) is 1.15.